The standard InChI is InChI=1S/C10H10N2O3/c1-5-3-7(6(2)15-5)8-4-9(13)12-10(14)11-8/h3-4H,1-2H3,(H2,11,12,13,14). The Morgan fingerprint density at radius 1 is 1.13 bits per heavy atom. The Morgan fingerprint density at radius 2 is 1.87 bits per heavy atom. The molecule has 2 aromatic heterocycles. The molecule has 0 fully saturated rings. The molecule has 0 aliphatic heterocycles. The van der Waals surface area contributed by atoms with Crippen LogP contribution in [0.3, 0.4) is 0 Å². The van der Waals surface area contributed by atoms with E-state index in [0.29, 0.717) is 11.5 Å². The minimum absolute atomic E-state index is 0.424. The number of hydrogen-bond donors (Lipinski definition) is 2. The van der Waals surface area contributed by atoms with Gasteiger partial charge in [-0.25, -0.2) is 4.79 Å². The van der Waals surface area contributed by atoms with Gasteiger partial charge < -0.3 is 9.40 Å². The van der Waals surface area contributed by atoms with Gasteiger partial charge in [0.2, 0.25) is 0 Å². The summed E-state index contributed by atoms with van der Waals surface area (Å²) in [5.41, 5.74) is 0.261. The van der Waals surface area contributed by atoms with Crippen LogP contribution in [0.5, 0.6) is 0 Å². The molecule has 0 atom stereocenters. The van der Waals surface area contributed by atoms with Crippen molar-refractivity contribution in [1.82, 2.24) is 9.97 Å². The molecule has 0 saturated heterocycles. The van der Waals surface area contributed by atoms with Crippen LogP contribution >= 0.6 is 0 Å². The van der Waals surface area contributed by atoms with Crippen LogP contribution in [-0.2, 0) is 0 Å². The predicted octanol–water partition coefficient (Wildman–Crippen LogP) is 0.940. The Bertz CT molecular complexity index is 575. The van der Waals surface area contributed by atoms with Gasteiger partial charge in [-0.1, -0.05) is 0 Å². The average Bonchev–Trinajstić information content (AvgIpc) is 2.43. The van der Waals surface area contributed by atoms with Crippen LogP contribution in [0.25, 0.3) is 11.3 Å². The van der Waals surface area contributed by atoms with Crippen molar-refractivity contribution in [3.63, 3.8) is 0 Å². The van der Waals surface area contributed by atoms with Gasteiger partial charge in [0.1, 0.15) is 11.5 Å². The highest BCUT2D eigenvalue weighted by Gasteiger charge is 2.08. The second kappa shape index (κ2) is 3.27. The van der Waals surface area contributed by atoms with E-state index in [2.05, 4.69) is 9.97 Å². The van der Waals surface area contributed by atoms with E-state index in [9.17, 15) is 9.59 Å². The van der Waals surface area contributed by atoms with Gasteiger partial charge in [0.25, 0.3) is 5.56 Å². The van der Waals surface area contributed by atoms with Crippen molar-refractivity contribution in [2.24, 2.45) is 0 Å². The van der Waals surface area contributed by atoms with Gasteiger partial charge in [-0.3, -0.25) is 9.78 Å². The molecule has 0 aliphatic carbocycles. The number of aromatic amines is 2. The summed E-state index contributed by atoms with van der Waals surface area (Å²) in [6.45, 7) is 3.59. The lowest BCUT2D eigenvalue weighted by atomic mass is 10.2. The number of aryl methyl sites for hydroxylation is 2. The summed E-state index contributed by atoms with van der Waals surface area (Å²) in [7, 11) is 0. The van der Waals surface area contributed by atoms with Crippen molar-refractivity contribution in [2.45, 2.75) is 13.8 Å². The number of nitrogens with one attached hydrogen (secondary N) is 2. The summed E-state index contributed by atoms with van der Waals surface area (Å²) in [5.74, 6) is 1.41. The molecule has 0 bridgehead atoms. The molecule has 15 heavy (non-hydrogen) atoms. The fourth-order valence-corrected chi connectivity index (χ4v) is 1.51. The molecule has 0 saturated carbocycles. The van der Waals surface area contributed by atoms with Crippen molar-refractivity contribution in [1.29, 1.82) is 0 Å². The third-order valence-corrected chi connectivity index (χ3v) is 2.09. The van der Waals surface area contributed by atoms with Crippen molar-refractivity contribution >= 4 is 0 Å². The SMILES string of the molecule is Cc1cc(-c2cc(=O)[nH]c(=O)[nH]2)c(C)o1. The molecule has 5 heteroatoms. The zero-order valence-electron chi connectivity index (χ0n) is 8.38. The quantitative estimate of drug-likeness (QED) is 0.728. The molecule has 2 N–H and O–H groups in total. The maximum atomic E-state index is 11.1. The Kier molecular flexibility index (Phi) is 2.07. The van der Waals surface area contributed by atoms with E-state index in [1.54, 1.807) is 13.0 Å². The van der Waals surface area contributed by atoms with Gasteiger partial charge in [0.15, 0.2) is 0 Å². The number of rotatable bonds is 1. The number of hydrogen-bond acceptors (Lipinski definition) is 3. The van der Waals surface area contributed by atoms with Crippen LogP contribution in [0.2, 0.25) is 0 Å². The summed E-state index contributed by atoms with van der Waals surface area (Å²) in [4.78, 5) is 26.8. The highest BCUT2D eigenvalue weighted by Crippen LogP contribution is 2.22. The Balaban J connectivity index is 2.68. The average molecular weight is 206 g/mol. The van der Waals surface area contributed by atoms with E-state index in [0.717, 1.165) is 11.3 Å². The molecular weight excluding hydrogens is 196 g/mol. The first kappa shape index (κ1) is 9.51. The summed E-state index contributed by atoms with van der Waals surface area (Å²) < 4.78 is 5.31. The van der Waals surface area contributed by atoms with E-state index >= 15 is 0 Å². The highest BCUT2D eigenvalue weighted by molar-refractivity contribution is 5.61. The Labute approximate surface area is 84.8 Å². The number of aromatic nitrogens is 2. The summed E-state index contributed by atoms with van der Waals surface area (Å²) in [6.07, 6.45) is 0. The van der Waals surface area contributed by atoms with Crippen LogP contribution in [0.15, 0.2) is 26.1 Å². The number of furan rings is 1. The molecule has 0 amide bonds. The lowest BCUT2D eigenvalue weighted by Gasteiger charge is -1.96. The van der Waals surface area contributed by atoms with Gasteiger partial charge in [-0.15, -0.1) is 0 Å². The van der Waals surface area contributed by atoms with E-state index in [1.165, 1.54) is 6.07 Å². The first-order chi connectivity index (χ1) is 7.06. The summed E-state index contributed by atoms with van der Waals surface area (Å²) in [6, 6.07) is 3.11. The normalized spacial score (nSPS) is 10.5. The molecule has 2 rings (SSSR count). The molecule has 2 heterocycles. The topological polar surface area (TPSA) is 78.9 Å². The Hall–Kier alpha value is -2.04. The van der Waals surface area contributed by atoms with Crippen LogP contribution in [0.4, 0.5) is 0 Å². The van der Waals surface area contributed by atoms with Crippen molar-refractivity contribution in [3.05, 3.63) is 44.5 Å². The van der Waals surface area contributed by atoms with Crippen LogP contribution in [0, 0.1) is 13.8 Å². The van der Waals surface area contributed by atoms with Crippen molar-refractivity contribution < 1.29 is 4.42 Å². The van der Waals surface area contributed by atoms with E-state index in [1.807, 2.05) is 6.92 Å². The van der Waals surface area contributed by atoms with Crippen molar-refractivity contribution in [3.8, 4) is 11.3 Å². The Morgan fingerprint density at radius 3 is 2.40 bits per heavy atom. The lowest BCUT2D eigenvalue weighted by molar-refractivity contribution is 0.505. The maximum absolute atomic E-state index is 11.1. The summed E-state index contributed by atoms with van der Waals surface area (Å²) in [5, 5.41) is 0. The minimum Gasteiger partial charge on any atom is -0.466 e. The molecule has 78 valence electrons. The first-order valence-electron chi connectivity index (χ1n) is 4.47. The van der Waals surface area contributed by atoms with Gasteiger partial charge in [-0.2, -0.15) is 0 Å². The predicted molar refractivity (Wildman–Crippen MR) is 54.9 cm³/mol. The van der Waals surface area contributed by atoms with E-state index in [4.69, 9.17) is 4.42 Å². The highest BCUT2D eigenvalue weighted by atomic mass is 16.3. The number of H-pyrrole nitrogens is 2. The molecule has 0 aliphatic rings. The molecular formula is C10H10N2O3. The largest absolute Gasteiger partial charge is 0.466 e. The van der Waals surface area contributed by atoms with Gasteiger partial charge in [0.05, 0.1) is 5.69 Å². The van der Waals surface area contributed by atoms with Gasteiger partial charge in [0, 0.05) is 11.6 Å². The monoisotopic (exact) mass is 206 g/mol. The molecule has 5 nitrogen and oxygen atoms in total. The molecule has 2 aromatic rings. The first-order valence-corrected chi connectivity index (χ1v) is 4.47. The van der Waals surface area contributed by atoms with Crippen molar-refractivity contribution in [2.75, 3.05) is 0 Å². The zero-order chi connectivity index (χ0) is 11.0. The smallest absolute Gasteiger partial charge is 0.326 e. The van der Waals surface area contributed by atoms with Crippen LogP contribution < -0.4 is 11.2 Å². The lowest BCUT2D eigenvalue weighted by Crippen LogP contribution is -2.21. The maximum Gasteiger partial charge on any atom is 0.326 e. The fraction of sp³-hybridized carbons (Fsp3) is 0.200. The third kappa shape index (κ3) is 1.76. The molecule has 0 aromatic carbocycles. The second-order valence-electron chi connectivity index (χ2n) is 3.33. The fourth-order valence-electron chi connectivity index (χ4n) is 1.51. The van der Waals surface area contributed by atoms with Crippen LogP contribution in [0.1, 0.15) is 11.5 Å². The molecule has 0 unspecified atom stereocenters. The third-order valence-electron chi connectivity index (χ3n) is 2.09. The molecule has 0 radical (unpaired) electrons. The zero-order valence-corrected chi connectivity index (χ0v) is 8.38. The van der Waals surface area contributed by atoms with Gasteiger partial charge in [-0.05, 0) is 19.9 Å². The van der Waals surface area contributed by atoms with Gasteiger partial charge >= 0.3 is 5.69 Å². The second-order valence-corrected chi connectivity index (χ2v) is 3.33. The minimum atomic E-state index is -0.518. The summed E-state index contributed by atoms with van der Waals surface area (Å²) >= 11 is 0. The van der Waals surface area contributed by atoms with Crippen LogP contribution in [-0.4, -0.2) is 9.97 Å². The van der Waals surface area contributed by atoms with E-state index in [-0.39, 0.29) is 0 Å². The molecule has 0 spiro atoms. The van der Waals surface area contributed by atoms with E-state index < -0.39 is 11.2 Å².